The van der Waals surface area contributed by atoms with Crippen molar-refractivity contribution in [2.45, 2.75) is 25.2 Å². The monoisotopic (exact) mass is 343 g/mol. The molecule has 1 aromatic heterocycles. The van der Waals surface area contributed by atoms with Gasteiger partial charge in [0.15, 0.2) is 5.16 Å². The molecular formula is C18H18FN3OS. The molecule has 1 heterocycles. The predicted octanol–water partition coefficient (Wildman–Crippen LogP) is 3.60. The molecule has 0 radical (unpaired) electrons. The average Bonchev–Trinajstić information content (AvgIpc) is 2.97. The number of aryl methyl sites for hydroxylation is 1. The normalized spacial score (nSPS) is 10.9. The Hall–Kier alpha value is -2.34. The number of amides is 1. The number of hydrogen-bond donors (Lipinski definition) is 1. The predicted molar refractivity (Wildman–Crippen MR) is 94.4 cm³/mol. The van der Waals surface area contributed by atoms with Gasteiger partial charge >= 0.3 is 0 Å². The highest BCUT2D eigenvalue weighted by molar-refractivity contribution is 7.99. The Kier molecular flexibility index (Phi) is 5.15. The van der Waals surface area contributed by atoms with Crippen LogP contribution in [-0.4, -0.2) is 21.2 Å². The van der Waals surface area contributed by atoms with Crippen LogP contribution < -0.4 is 5.32 Å². The van der Waals surface area contributed by atoms with Gasteiger partial charge in [0, 0.05) is 13.1 Å². The van der Waals surface area contributed by atoms with E-state index in [1.165, 1.54) is 23.9 Å². The average molecular weight is 343 g/mol. The third-order valence-electron chi connectivity index (χ3n) is 3.67. The van der Waals surface area contributed by atoms with Crippen molar-refractivity contribution >= 4 is 28.7 Å². The van der Waals surface area contributed by atoms with E-state index < -0.39 is 0 Å². The molecule has 1 amide bonds. The highest BCUT2D eigenvalue weighted by atomic mass is 32.2. The largest absolute Gasteiger partial charge is 0.351 e. The molecule has 0 saturated heterocycles. The highest BCUT2D eigenvalue weighted by Gasteiger charge is 2.11. The molecule has 0 atom stereocenters. The van der Waals surface area contributed by atoms with Gasteiger partial charge in [0.1, 0.15) is 5.82 Å². The van der Waals surface area contributed by atoms with Gasteiger partial charge in [0.05, 0.1) is 16.8 Å². The number of nitrogens with zero attached hydrogens (tertiary/aromatic N) is 2. The zero-order valence-electron chi connectivity index (χ0n) is 13.3. The second-order valence-corrected chi connectivity index (χ2v) is 6.26. The van der Waals surface area contributed by atoms with Crippen LogP contribution in [0.5, 0.6) is 0 Å². The van der Waals surface area contributed by atoms with E-state index in [0.717, 1.165) is 28.3 Å². The van der Waals surface area contributed by atoms with Gasteiger partial charge in [-0.15, -0.1) is 0 Å². The van der Waals surface area contributed by atoms with Crippen molar-refractivity contribution in [3.05, 3.63) is 59.9 Å². The lowest BCUT2D eigenvalue weighted by atomic mass is 10.2. The number of nitrogens with one attached hydrogen (secondary N) is 1. The molecule has 0 aliphatic heterocycles. The van der Waals surface area contributed by atoms with Crippen LogP contribution >= 0.6 is 11.8 Å². The zero-order chi connectivity index (χ0) is 16.9. The summed E-state index contributed by atoms with van der Waals surface area (Å²) in [5.74, 6) is -0.0528. The van der Waals surface area contributed by atoms with E-state index in [1.807, 2.05) is 24.3 Å². The van der Waals surface area contributed by atoms with Crippen LogP contribution in [0.1, 0.15) is 12.5 Å². The minimum absolute atomic E-state index is 0.0703. The molecule has 0 spiro atoms. The van der Waals surface area contributed by atoms with Crippen LogP contribution in [0.2, 0.25) is 0 Å². The molecule has 0 unspecified atom stereocenters. The second-order valence-electron chi connectivity index (χ2n) is 5.32. The van der Waals surface area contributed by atoms with E-state index in [1.54, 1.807) is 12.1 Å². The molecule has 24 heavy (non-hydrogen) atoms. The summed E-state index contributed by atoms with van der Waals surface area (Å²) in [7, 11) is 0. The summed E-state index contributed by atoms with van der Waals surface area (Å²) in [6.07, 6.45) is 0. The molecule has 3 aromatic rings. The Morgan fingerprint density at radius 2 is 1.96 bits per heavy atom. The molecule has 0 aliphatic carbocycles. The number of hydrogen-bond acceptors (Lipinski definition) is 3. The van der Waals surface area contributed by atoms with Crippen LogP contribution in [-0.2, 0) is 17.9 Å². The number of halogens is 1. The lowest BCUT2D eigenvalue weighted by Crippen LogP contribution is -2.24. The number of fused-ring (bicyclic) bond motifs is 1. The Morgan fingerprint density at radius 3 is 2.71 bits per heavy atom. The number of aromatic nitrogens is 2. The Bertz CT molecular complexity index is 845. The maximum Gasteiger partial charge on any atom is 0.230 e. The molecular weight excluding hydrogens is 325 g/mol. The van der Waals surface area contributed by atoms with Crippen LogP contribution in [0.25, 0.3) is 11.0 Å². The summed E-state index contributed by atoms with van der Waals surface area (Å²) in [6, 6.07) is 14.1. The van der Waals surface area contributed by atoms with E-state index >= 15 is 0 Å². The molecule has 4 nitrogen and oxygen atoms in total. The number of para-hydroxylation sites is 2. The van der Waals surface area contributed by atoms with E-state index in [0.29, 0.717) is 12.3 Å². The van der Waals surface area contributed by atoms with Gasteiger partial charge in [0.25, 0.3) is 0 Å². The SMILES string of the molecule is CCn1c(SCC(=O)NCc2ccc(F)cc2)nc2ccccc21. The first kappa shape index (κ1) is 16.5. The number of carbonyl (C=O) groups excluding carboxylic acids is 1. The molecule has 3 rings (SSSR count). The fraction of sp³-hybridized carbons (Fsp3) is 0.222. The smallest absolute Gasteiger partial charge is 0.230 e. The molecule has 0 fully saturated rings. The Balaban J connectivity index is 1.59. The van der Waals surface area contributed by atoms with Crippen molar-refractivity contribution in [3.8, 4) is 0 Å². The zero-order valence-corrected chi connectivity index (χ0v) is 14.1. The van der Waals surface area contributed by atoms with Gasteiger partial charge in [0.2, 0.25) is 5.91 Å². The summed E-state index contributed by atoms with van der Waals surface area (Å²) in [6.45, 7) is 3.26. The van der Waals surface area contributed by atoms with Crippen LogP contribution in [0, 0.1) is 5.82 Å². The molecule has 0 aliphatic rings. The fourth-order valence-electron chi connectivity index (χ4n) is 2.45. The fourth-order valence-corrected chi connectivity index (χ4v) is 3.36. The van der Waals surface area contributed by atoms with E-state index in [2.05, 4.69) is 21.8 Å². The number of rotatable bonds is 6. The molecule has 124 valence electrons. The van der Waals surface area contributed by atoms with E-state index in [-0.39, 0.29) is 11.7 Å². The van der Waals surface area contributed by atoms with Gasteiger partial charge in [-0.05, 0) is 36.8 Å². The van der Waals surface area contributed by atoms with Crippen molar-refractivity contribution < 1.29 is 9.18 Å². The number of benzene rings is 2. The second kappa shape index (κ2) is 7.49. The first-order valence-corrected chi connectivity index (χ1v) is 8.75. The molecule has 0 bridgehead atoms. The standard InChI is InChI=1S/C18H18FN3OS/c1-2-22-16-6-4-3-5-15(16)21-18(22)24-12-17(23)20-11-13-7-9-14(19)10-8-13/h3-10H,2,11-12H2,1H3,(H,20,23). The van der Waals surface area contributed by atoms with E-state index in [4.69, 9.17) is 0 Å². The van der Waals surface area contributed by atoms with Crippen molar-refractivity contribution in [1.82, 2.24) is 14.9 Å². The van der Waals surface area contributed by atoms with Gasteiger partial charge < -0.3 is 9.88 Å². The quantitative estimate of drug-likeness (QED) is 0.696. The molecule has 2 aromatic carbocycles. The molecule has 6 heteroatoms. The van der Waals surface area contributed by atoms with Crippen LogP contribution in [0.3, 0.4) is 0 Å². The van der Waals surface area contributed by atoms with Crippen LogP contribution in [0.15, 0.2) is 53.7 Å². The van der Waals surface area contributed by atoms with Gasteiger partial charge in [-0.1, -0.05) is 36.0 Å². The van der Waals surface area contributed by atoms with Crippen molar-refractivity contribution in [3.63, 3.8) is 0 Å². The topological polar surface area (TPSA) is 46.9 Å². The van der Waals surface area contributed by atoms with Gasteiger partial charge in [-0.25, -0.2) is 9.37 Å². The van der Waals surface area contributed by atoms with Gasteiger partial charge in [-0.3, -0.25) is 4.79 Å². The summed E-state index contributed by atoms with van der Waals surface area (Å²) in [5, 5.41) is 3.68. The molecule has 0 saturated carbocycles. The third-order valence-corrected chi connectivity index (χ3v) is 4.65. The third kappa shape index (κ3) is 3.76. The summed E-state index contributed by atoms with van der Waals surface area (Å²) < 4.78 is 15.0. The minimum atomic E-state index is -0.279. The summed E-state index contributed by atoms with van der Waals surface area (Å²) >= 11 is 1.42. The lowest BCUT2D eigenvalue weighted by Gasteiger charge is -2.07. The number of thioether (sulfide) groups is 1. The van der Waals surface area contributed by atoms with Crippen molar-refractivity contribution in [2.75, 3.05) is 5.75 Å². The highest BCUT2D eigenvalue weighted by Crippen LogP contribution is 2.23. The number of carbonyl (C=O) groups is 1. The first-order chi connectivity index (χ1) is 11.7. The van der Waals surface area contributed by atoms with Crippen molar-refractivity contribution in [1.29, 1.82) is 0 Å². The Labute approximate surface area is 144 Å². The molecule has 1 N–H and O–H groups in total. The lowest BCUT2D eigenvalue weighted by molar-refractivity contribution is -0.118. The summed E-state index contributed by atoms with van der Waals surface area (Å²) in [5.41, 5.74) is 2.89. The number of imidazole rings is 1. The maximum atomic E-state index is 12.9. The first-order valence-electron chi connectivity index (χ1n) is 7.76. The summed E-state index contributed by atoms with van der Waals surface area (Å²) in [4.78, 5) is 16.6. The van der Waals surface area contributed by atoms with Gasteiger partial charge in [-0.2, -0.15) is 0 Å². The maximum absolute atomic E-state index is 12.9. The van der Waals surface area contributed by atoms with E-state index in [9.17, 15) is 9.18 Å². The van der Waals surface area contributed by atoms with Crippen molar-refractivity contribution in [2.24, 2.45) is 0 Å². The van der Waals surface area contributed by atoms with Crippen LogP contribution in [0.4, 0.5) is 4.39 Å². The minimum Gasteiger partial charge on any atom is -0.351 e. The Morgan fingerprint density at radius 1 is 1.21 bits per heavy atom.